The molecule has 1 aromatic carbocycles. The van der Waals surface area contributed by atoms with Crippen molar-refractivity contribution in [3.63, 3.8) is 0 Å². The van der Waals surface area contributed by atoms with E-state index in [0.29, 0.717) is 18.7 Å². The fraction of sp³-hybridized carbons (Fsp3) is 0.440. The Hall–Kier alpha value is -2.54. The van der Waals surface area contributed by atoms with E-state index in [9.17, 15) is 9.90 Å². The van der Waals surface area contributed by atoms with Crippen LogP contribution in [0.3, 0.4) is 0 Å². The molecule has 0 spiro atoms. The van der Waals surface area contributed by atoms with Gasteiger partial charge in [0.1, 0.15) is 12.4 Å². The summed E-state index contributed by atoms with van der Waals surface area (Å²) in [6.45, 7) is 2.47. The summed E-state index contributed by atoms with van der Waals surface area (Å²) in [5.41, 5.74) is 3.68. The molecule has 0 amide bonds. The molecule has 2 aliphatic rings. The lowest BCUT2D eigenvalue weighted by Gasteiger charge is -2.28. The van der Waals surface area contributed by atoms with Crippen LogP contribution in [0.2, 0.25) is 0 Å². The minimum atomic E-state index is -0.0990. The number of aromatic hydroxyl groups is 1. The summed E-state index contributed by atoms with van der Waals surface area (Å²) in [5, 5.41) is 11.1. The van der Waals surface area contributed by atoms with Crippen LogP contribution in [0.1, 0.15) is 80.0 Å². The summed E-state index contributed by atoms with van der Waals surface area (Å²) in [6.07, 6.45) is 8.35. The number of rotatable bonds is 5. The van der Waals surface area contributed by atoms with E-state index < -0.39 is 0 Å². The van der Waals surface area contributed by atoms with Gasteiger partial charge in [-0.2, -0.15) is 0 Å². The van der Waals surface area contributed by atoms with Crippen molar-refractivity contribution in [1.29, 1.82) is 0 Å². The largest absolute Gasteiger partial charge is 0.493 e. The Morgan fingerprint density at radius 2 is 1.97 bits per heavy atom. The first-order chi connectivity index (χ1) is 15.6. The second-order valence-electron chi connectivity index (χ2n) is 8.74. The van der Waals surface area contributed by atoms with Gasteiger partial charge in [0.15, 0.2) is 0 Å². The topological polar surface area (TPSA) is 69.3 Å². The number of imidazole rings is 1. The zero-order valence-corrected chi connectivity index (χ0v) is 19.8. The Bertz CT molecular complexity index is 1180. The molecule has 1 saturated carbocycles. The van der Waals surface area contributed by atoms with Crippen molar-refractivity contribution in [2.75, 3.05) is 0 Å². The van der Waals surface area contributed by atoms with Gasteiger partial charge in [0.2, 0.25) is 5.88 Å². The Labute approximate surface area is 196 Å². The van der Waals surface area contributed by atoms with Gasteiger partial charge < -0.3 is 9.84 Å². The Morgan fingerprint density at radius 3 is 2.69 bits per heavy atom. The lowest BCUT2D eigenvalue weighted by Crippen LogP contribution is -2.33. The molecule has 6 nitrogen and oxygen atoms in total. The number of ether oxygens (including phenoxy) is 1. The van der Waals surface area contributed by atoms with E-state index in [2.05, 4.69) is 33.9 Å². The van der Waals surface area contributed by atoms with Crippen LogP contribution in [0.5, 0.6) is 11.6 Å². The first-order valence-corrected chi connectivity index (χ1v) is 12.3. The van der Waals surface area contributed by atoms with Crippen LogP contribution in [0, 0.1) is 0 Å². The predicted octanol–water partition coefficient (Wildman–Crippen LogP) is 5.50. The highest BCUT2D eigenvalue weighted by molar-refractivity contribution is 9.10. The molecule has 0 unspecified atom stereocenters. The number of hydrogen-bond donors (Lipinski definition) is 1. The smallest absolute Gasteiger partial charge is 0.332 e. The maximum Gasteiger partial charge on any atom is 0.332 e. The molecule has 0 bridgehead atoms. The Kier molecular flexibility index (Phi) is 5.84. The molecule has 2 aromatic heterocycles. The molecular weight excluding hydrogens is 470 g/mol. The van der Waals surface area contributed by atoms with Crippen molar-refractivity contribution in [2.45, 2.75) is 70.6 Å². The van der Waals surface area contributed by atoms with Crippen molar-refractivity contribution in [3.8, 4) is 11.6 Å². The van der Waals surface area contributed by atoms with Gasteiger partial charge in [0.25, 0.3) is 0 Å². The summed E-state index contributed by atoms with van der Waals surface area (Å²) >= 11 is 3.75. The van der Waals surface area contributed by atoms with E-state index in [0.717, 1.165) is 59.1 Å². The predicted molar refractivity (Wildman–Crippen MR) is 126 cm³/mol. The van der Waals surface area contributed by atoms with E-state index in [4.69, 9.17) is 4.74 Å². The van der Waals surface area contributed by atoms with Crippen LogP contribution < -0.4 is 10.4 Å². The standard InChI is InChI=1S/C25H28BrN3O3/c1-2-20-18-11-12-22(32-15-16-8-6-7-13-27-16)23(26)19(18)14-21-24(30)28(25(31)29(20)21)17-9-4-3-5-10-17/h6-8,11-13,17,20,30H,2-5,9-10,14-15H2,1H3/t20-/m1/s1. The average molecular weight is 498 g/mol. The molecular formula is C25H28BrN3O3. The van der Waals surface area contributed by atoms with Crippen molar-refractivity contribution in [1.82, 2.24) is 14.1 Å². The van der Waals surface area contributed by atoms with E-state index in [1.54, 1.807) is 10.8 Å². The van der Waals surface area contributed by atoms with Gasteiger partial charge in [-0.25, -0.2) is 4.79 Å². The molecule has 32 heavy (non-hydrogen) atoms. The lowest BCUT2D eigenvalue weighted by molar-refractivity contribution is 0.298. The minimum absolute atomic E-state index is 0.0755. The van der Waals surface area contributed by atoms with E-state index >= 15 is 0 Å². The lowest BCUT2D eigenvalue weighted by atomic mass is 9.91. The molecule has 0 radical (unpaired) electrons. The number of fused-ring (bicyclic) bond motifs is 2. The highest BCUT2D eigenvalue weighted by Gasteiger charge is 2.35. The number of nitrogens with zero attached hydrogens (tertiary/aromatic N) is 3. The zero-order chi connectivity index (χ0) is 22.2. The summed E-state index contributed by atoms with van der Waals surface area (Å²) in [7, 11) is 0. The third-order valence-corrected chi connectivity index (χ3v) is 7.75. The Morgan fingerprint density at radius 1 is 1.16 bits per heavy atom. The van der Waals surface area contributed by atoms with Crippen LogP contribution in [-0.2, 0) is 13.0 Å². The fourth-order valence-corrected chi connectivity index (χ4v) is 5.90. The van der Waals surface area contributed by atoms with Gasteiger partial charge in [0.05, 0.1) is 21.9 Å². The van der Waals surface area contributed by atoms with Crippen molar-refractivity contribution in [3.05, 3.63) is 74.0 Å². The maximum atomic E-state index is 13.4. The Balaban J connectivity index is 1.52. The third-order valence-electron chi connectivity index (χ3n) is 6.88. The van der Waals surface area contributed by atoms with Gasteiger partial charge >= 0.3 is 5.69 Å². The van der Waals surface area contributed by atoms with E-state index in [1.165, 1.54) is 6.42 Å². The third kappa shape index (κ3) is 3.56. The van der Waals surface area contributed by atoms with Crippen LogP contribution in [0.15, 0.2) is 45.8 Å². The van der Waals surface area contributed by atoms with Gasteiger partial charge in [-0.05, 0) is 64.5 Å². The fourth-order valence-electron chi connectivity index (χ4n) is 5.29. The van der Waals surface area contributed by atoms with E-state index in [-0.39, 0.29) is 23.7 Å². The number of benzene rings is 1. The molecule has 1 N–H and O–H groups in total. The second kappa shape index (κ2) is 8.77. The summed E-state index contributed by atoms with van der Waals surface area (Å²) in [6, 6.07) is 9.78. The minimum Gasteiger partial charge on any atom is -0.493 e. The van der Waals surface area contributed by atoms with Crippen molar-refractivity contribution >= 4 is 15.9 Å². The summed E-state index contributed by atoms with van der Waals surface area (Å²) < 4.78 is 10.4. The van der Waals surface area contributed by atoms with Crippen LogP contribution in [-0.4, -0.2) is 19.2 Å². The quantitative estimate of drug-likeness (QED) is 0.505. The van der Waals surface area contributed by atoms with E-state index in [1.807, 2.05) is 28.8 Å². The molecule has 0 saturated heterocycles. The number of pyridine rings is 1. The zero-order valence-electron chi connectivity index (χ0n) is 18.3. The summed E-state index contributed by atoms with van der Waals surface area (Å²) in [4.78, 5) is 17.8. The first-order valence-electron chi connectivity index (χ1n) is 11.5. The van der Waals surface area contributed by atoms with Crippen molar-refractivity contribution < 1.29 is 9.84 Å². The number of hydrogen-bond acceptors (Lipinski definition) is 4. The molecule has 3 heterocycles. The van der Waals surface area contributed by atoms with Crippen LogP contribution >= 0.6 is 15.9 Å². The number of aromatic nitrogens is 3. The molecule has 1 atom stereocenters. The van der Waals surface area contributed by atoms with Crippen LogP contribution in [0.4, 0.5) is 0 Å². The molecule has 1 aliphatic heterocycles. The van der Waals surface area contributed by atoms with Gasteiger partial charge in [-0.3, -0.25) is 14.1 Å². The number of halogens is 1. The van der Waals surface area contributed by atoms with Gasteiger partial charge in [-0.1, -0.05) is 38.3 Å². The SMILES string of the molecule is CC[C@@H]1c2ccc(OCc3ccccn3)c(Br)c2Cc2c(O)n(C3CCCCC3)c(=O)n21. The maximum absolute atomic E-state index is 13.4. The molecule has 1 aliphatic carbocycles. The molecule has 168 valence electrons. The van der Waals surface area contributed by atoms with Crippen molar-refractivity contribution in [2.24, 2.45) is 0 Å². The second-order valence-corrected chi connectivity index (χ2v) is 9.53. The molecule has 1 fully saturated rings. The van der Waals surface area contributed by atoms with Gasteiger partial charge in [-0.15, -0.1) is 0 Å². The summed E-state index contributed by atoms with van der Waals surface area (Å²) in [5.74, 6) is 0.879. The molecule has 7 heteroatoms. The first kappa shape index (κ1) is 21.3. The average Bonchev–Trinajstić information content (AvgIpc) is 3.08. The van der Waals surface area contributed by atoms with Crippen LogP contribution in [0.25, 0.3) is 0 Å². The highest BCUT2D eigenvalue weighted by atomic mass is 79.9. The molecule has 5 rings (SSSR count). The molecule has 3 aromatic rings. The monoisotopic (exact) mass is 497 g/mol. The normalized spacial score (nSPS) is 18.2. The highest BCUT2D eigenvalue weighted by Crippen LogP contribution is 2.43. The van der Waals surface area contributed by atoms with Gasteiger partial charge in [0, 0.05) is 18.7 Å².